The first kappa shape index (κ1) is 11.3. The Hall–Kier alpha value is -1.81. The predicted molar refractivity (Wildman–Crippen MR) is 74.9 cm³/mol. The van der Waals surface area contributed by atoms with Crippen molar-refractivity contribution >= 4 is 21.4 Å². The zero-order valence-electron chi connectivity index (χ0n) is 9.80. The third-order valence-corrected chi connectivity index (χ3v) is 3.37. The van der Waals surface area contributed by atoms with Crippen molar-refractivity contribution in [2.45, 2.75) is 0 Å². The highest BCUT2D eigenvalue weighted by Crippen LogP contribution is 2.23. The molecule has 0 aliphatic heterocycles. The third-order valence-electron chi connectivity index (χ3n) is 2.84. The van der Waals surface area contributed by atoms with Crippen LogP contribution in [0, 0.1) is 0 Å². The highest BCUT2D eigenvalue weighted by atomic mass is 79.9. The maximum absolute atomic E-state index is 5.21. The zero-order chi connectivity index (χ0) is 12.5. The van der Waals surface area contributed by atoms with Gasteiger partial charge in [-0.1, -0.05) is 28.1 Å². The Morgan fingerprint density at radius 2 is 1.94 bits per heavy atom. The van der Waals surface area contributed by atoms with Gasteiger partial charge in [-0.3, -0.25) is 4.40 Å². The summed E-state index contributed by atoms with van der Waals surface area (Å²) >= 11 is 3.43. The molecule has 2 heterocycles. The fourth-order valence-corrected chi connectivity index (χ4v) is 2.18. The molecule has 1 aromatic carbocycles. The standard InChI is InChI=1S/C14H11BrN2O/c1-18-13-6-7-17-12(8-13)9-16-14(17)10-2-4-11(15)5-3-10/h2-9H,1H3. The van der Waals surface area contributed by atoms with Crippen LogP contribution in [0.15, 0.2) is 53.3 Å². The molecule has 90 valence electrons. The van der Waals surface area contributed by atoms with Gasteiger partial charge in [0, 0.05) is 22.3 Å². The molecule has 0 radical (unpaired) electrons. The number of hydrogen-bond donors (Lipinski definition) is 0. The highest BCUT2D eigenvalue weighted by Gasteiger charge is 2.06. The molecule has 3 nitrogen and oxygen atoms in total. The van der Waals surface area contributed by atoms with Crippen LogP contribution >= 0.6 is 15.9 Å². The van der Waals surface area contributed by atoms with E-state index in [9.17, 15) is 0 Å². The van der Waals surface area contributed by atoms with Crippen molar-refractivity contribution in [3.8, 4) is 17.1 Å². The second kappa shape index (κ2) is 4.46. The average molecular weight is 303 g/mol. The summed E-state index contributed by atoms with van der Waals surface area (Å²) in [6.45, 7) is 0. The lowest BCUT2D eigenvalue weighted by Gasteiger charge is -2.03. The van der Waals surface area contributed by atoms with Gasteiger partial charge in [0.05, 0.1) is 18.8 Å². The monoisotopic (exact) mass is 302 g/mol. The lowest BCUT2D eigenvalue weighted by atomic mass is 10.2. The van der Waals surface area contributed by atoms with Crippen LogP contribution in [0.25, 0.3) is 16.9 Å². The molecule has 18 heavy (non-hydrogen) atoms. The van der Waals surface area contributed by atoms with Crippen molar-refractivity contribution < 1.29 is 4.74 Å². The molecule has 0 amide bonds. The minimum atomic E-state index is 0.838. The van der Waals surface area contributed by atoms with E-state index >= 15 is 0 Å². The number of ether oxygens (including phenoxy) is 1. The Labute approximate surface area is 113 Å². The van der Waals surface area contributed by atoms with E-state index in [-0.39, 0.29) is 0 Å². The van der Waals surface area contributed by atoms with Gasteiger partial charge < -0.3 is 4.74 Å². The van der Waals surface area contributed by atoms with Crippen molar-refractivity contribution in [3.63, 3.8) is 0 Å². The highest BCUT2D eigenvalue weighted by molar-refractivity contribution is 9.10. The van der Waals surface area contributed by atoms with Crippen LogP contribution in [-0.4, -0.2) is 16.5 Å². The van der Waals surface area contributed by atoms with Crippen molar-refractivity contribution in [2.24, 2.45) is 0 Å². The van der Waals surface area contributed by atoms with E-state index < -0.39 is 0 Å². The van der Waals surface area contributed by atoms with Gasteiger partial charge in [0.15, 0.2) is 0 Å². The summed E-state index contributed by atoms with van der Waals surface area (Å²) in [6.07, 6.45) is 3.82. The number of halogens is 1. The molecular formula is C14H11BrN2O. The number of aromatic nitrogens is 2. The molecule has 2 aromatic heterocycles. The maximum Gasteiger partial charge on any atom is 0.144 e. The number of hydrogen-bond acceptors (Lipinski definition) is 2. The van der Waals surface area contributed by atoms with Crippen molar-refractivity contribution in [1.29, 1.82) is 0 Å². The second-order valence-corrected chi connectivity index (χ2v) is 4.87. The quantitative estimate of drug-likeness (QED) is 0.720. The molecule has 0 saturated carbocycles. The number of rotatable bonds is 2. The molecule has 4 heteroatoms. The van der Waals surface area contributed by atoms with Crippen LogP contribution in [0.1, 0.15) is 0 Å². The molecule has 0 atom stereocenters. The Balaban J connectivity index is 2.15. The van der Waals surface area contributed by atoms with E-state index in [0.29, 0.717) is 0 Å². The number of methoxy groups -OCH3 is 1. The van der Waals surface area contributed by atoms with Gasteiger partial charge in [-0.25, -0.2) is 4.98 Å². The zero-order valence-corrected chi connectivity index (χ0v) is 11.4. The fourth-order valence-electron chi connectivity index (χ4n) is 1.92. The van der Waals surface area contributed by atoms with Crippen LogP contribution in [0.3, 0.4) is 0 Å². The molecule has 0 aliphatic rings. The molecule has 0 fully saturated rings. The second-order valence-electron chi connectivity index (χ2n) is 3.95. The third kappa shape index (κ3) is 1.88. The average Bonchev–Trinajstić information content (AvgIpc) is 2.82. The number of imidazole rings is 1. The van der Waals surface area contributed by atoms with E-state index in [1.807, 2.05) is 53.2 Å². The van der Waals surface area contributed by atoms with Crippen LogP contribution < -0.4 is 4.74 Å². The summed E-state index contributed by atoms with van der Waals surface area (Å²) in [4.78, 5) is 4.46. The lowest BCUT2D eigenvalue weighted by Crippen LogP contribution is -1.90. The Kier molecular flexibility index (Phi) is 2.80. The van der Waals surface area contributed by atoms with Crippen molar-refractivity contribution in [2.75, 3.05) is 7.11 Å². The first-order valence-corrected chi connectivity index (χ1v) is 6.34. The van der Waals surface area contributed by atoms with Crippen molar-refractivity contribution in [1.82, 2.24) is 9.38 Å². The Bertz CT molecular complexity index is 689. The summed E-state index contributed by atoms with van der Waals surface area (Å²) in [5.74, 6) is 1.77. The maximum atomic E-state index is 5.21. The van der Waals surface area contributed by atoms with Gasteiger partial charge in [0.25, 0.3) is 0 Å². The normalized spacial score (nSPS) is 10.8. The molecule has 0 N–H and O–H groups in total. The van der Waals surface area contributed by atoms with Gasteiger partial charge in [-0.15, -0.1) is 0 Å². The molecule has 3 rings (SSSR count). The molecule has 0 aliphatic carbocycles. The number of pyridine rings is 1. The van der Waals surface area contributed by atoms with Gasteiger partial charge >= 0.3 is 0 Å². The van der Waals surface area contributed by atoms with E-state index in [2.05, 4.69) is 20.9 Å². The topological polar surface area (TPSA) is 26.5 Å². The number of nitrogens with zero attached hydrogens (tertiary/aromatic N) is 2. The van der Waals surface area contributed by atoms with Gasteiger partial charge in [-0.2, -0.15) is 0 Å². The summed E-state index contributed by atoms with van der Waals surface area (Å²) in [7, 11) is 1.66. The van der Waals surface area contributed by atoms with Crippen LogP contribution in [-0.2, 0) is 0 Å². The predicted octanol–water partition coefficient (Wildman–Crippen LogP) is 3.77. The first-order valence-electron chi connectivity index (χ1n) is 5.55. The van der Waals surface area contributed by atoms with Gasteiger partial charge in [0.2, 0.25) is 0 Å². The SMILES string of the molecule is COc1ccn2c(-c3ccc(Br)cc3)ncc2c1. The molecule has 0 saturated heterocycles. The molecule has 0 spiro atoms. The van der Waals surface area contributed by atoms with E-state index in [1.54, 1.807) is 7.11 Å². The first-order chi connectivity index (χ1) is 8.78. The lowest BCUT2D eigenvalue weighted by molar-refractivity contribution is 0.414. The molecule has 0 unspecified atom stereocenters. The van der Waals surface area contributed by atoms with Crippen molar-refractivity contribution in [3.05, 3.63) is 53.3 Å². The van der Waals surface area contributed by atoms with Gasteiger partial charge in [0.1, 0.15) is 11.6 Å². The fraction of sp³-hybridized carbons (Fsp3) is 0.0714. The largest absolute Gasteiger partial charge is 0.497 e. The van der Waals surface area contributed by atoms with Crippen LogP contribution in [0.5, 0.6) is 5.75 Å². The minimum absolute atomic E-state index is 0.838. The van der Waals surface area contributed by atoms with E-state index in [0.717, 1.165) is 27.1 Å². The smallest absolute Gasteiger partial charge is 0.144 e. The summed E-state index contributed by atoms with van der Waals surface area (Å²) < 4.78 is 8.32. The number of benzene rings is 1. The molecular weight excluding hydrogens is 292 g/mol. The summed E-state index contributed by atoms with van der Waals surface area (Å²) in [5, 5.41) is 0. The minimum Gasteiger partial charge on any atom is -0.497 e. The summed E-state index contributed by atoms with van der Waals surface area (Å²) in [5.41, 5.74) is 2.11. The number of fused-ring (bicyclic) bond motifs is 1. The Morgan fingerprint density at radius 1 is 1.17 bits per heavy atom. The van der Waals surface area contributed by atoms with Crippen LogP contribution in [0.2, 0.25) is 0 Å². The van der Waals surface area contributed by atoms with E-state index in [4.69, 9.17) is 4.74 Å². The summed E-state index contributed by atoms with van der Waals surface area (Å²) in [6, 6.07) is 12.0. The Morgan fingerprint density at radius 3 is 2.67 bits per heavy atom. The van der Waals surface area contributed by atoms with E-state index in [1.165, 1.54) is 0 Å². The van der Waals surface area contributed by atoms with Gasteiger partial charge in [-0.05, 0) is 18.2 Å². The molecule has 3 aromatic rings. The van der Waals surface area contributed by atoms with Crippen LogP contribution in [0.4, 0.5) is 0 Å². The molecule has 0 bridgehead atoms.